The molecule has 0 bridgehead atoms. The van der Waals surface area contributed by atoms with Crippen LogP contribution in [-0.4, -0.2) is 34.8 Å². The maximum Gasteiger partial charge on any atom is 0.0518 e. The van der Waals surface area contributed by atoms with E-state index in [0.717, 1.165) is 12.5 Å². The van der Waals surface area contributed by atoms with Crippen molar-refractivity contribution < 1.29 is 0 Å². The molecule has 2 rings (SSSR count). The van der Waals surface area contributed by atoms with Gasteiger partial charge in [0.15, 0.2) is 0 Å². The van der Waals surface area contributed by atoms with Crippen molar-refractivity contribution in [2.75, 3.05) is 20.1 Å². The van der Waals surface area contributed by atoms with Gasteiger partial charge in [-0.15, -0.1) is 0 Å². The van der Waals surface area contributed by atoms with E-state index in [1.165, 1.54) is 31.5 Å². The van der Waals surface area contributed by atoms with Crippen molar-refractivity contribution in [1.29, 1.82) is 0 Å². The molecule has 1 saturated heterocycles. The Balaban J connectivity index is 0.000000606. The van der Waals surface area contributed by atoms with Crippen molar-refractivity contribution >= 4 is 0 Å². The van der Waals surface area contributed by atoms with Crippen molar-refractivity contribution in [3.05, 3.63) is 18.0 Å². The predicted molar refractivity (Wildman–Crippen MR) is 68.5 cm³/mol. The minimum atomic E-state index is 0.825. The highest BCUT2D eigenvalue weighted by molar-refractivity contribution is 4.99. The zero-order valence-electron chi connectivity index (χ0n) is 11.1. The van der Waals surface area contributed by atoms with Gasteiger partial charge in [-0.2, -0.15) is 5.10 Å². The number of aromatic nitrogens is 2. The first kappa shape index (κ1) is 13.2. The molecule has 0 aliphatic carbocycles. The van der Waals surface area contributed by atoms with Crippen LogP contribution in [0.25, 0.3) is 0 Å². The van der Waals surface area contributed by atoms with E-state index in [4.69, 9.17) is 0 Å². The molecule has 1 fully saturated rings. The van der Waals surface area contributed by atoms with Gasteiger partial charge in [-0.05, 0) is 51.4 Å². The van der Waals surface area contributed by atoms with Crippen LogP contribution in [0.5, 0.6) is 0 Å². The minimum absolute atomic E-state index is 0.825. The molecule has 0 amide bonds. The van der Waals surface area contributed by atoms with Gasteiger partial charge in [0.05, 0.1) is 6.20 Å². The maximum atomic E-state index is 4.33. The highest BCUT2D eigenvalue weighted by atomic mass is 15.3. The second-order valence-electron chi connectivity index (χ2n) is 4.49. The van der Waals surface area contributed by atoms with Crippen molar-refractivity contribution in [1.82, 2.24) is 14.7 Å². The summed E-state index contributed by atoms with van der Waals surface area (Å²) in [6, 6.07) is 0. The molecule has 0 atom stereocenters. The molecule has 1 aliphatic rings. The van der Waals surface area contributed by atoms with Crippen LogP contribution in [-0.2, 0) is 6.54 Å². The number of hydrogen-bond acceptors (Lipinski definition) is 2. The monoisotopic (exact) mass is 223 g/mol. The Kier molecular flexibility index (Phi) is 5.53. The van der Waals surface area contributed by atoms with Crippen LogP contribution in [0.3, 0.4) is 0 Å². The standard InChI is InChI=1S/C11H19N3.C2H6/c1-10-7-12-14(8-10)9-11-3-5-13(2)6-4-11;1-2/h7-8,11H,3-6,9H2,1-2H3;1-2H3. The SMILES string of the molecule is CC.Cc1cnn(CC2CCN(C)CC2)c1. The second-order valence-corrected chi connectivity index (χ2v) is 4.49. The fourth-order valence-corrected chi connectivity index (χ4v) is 2.08. The number of likely N-dealkylation sites (tertiary alicyclic amines) is 1. The largest absolute Gasteiger partial charge is 0.306 e. The summed E-state index contributed by atoms with van der Waals surface area (Å²) in [7, 11) is 2.20. The molecular formula is C13H25N3. The number of piperidine rings is 1. The van der Waals surface area contributed by atoms with Crippen LogP contribution in [0.1, 0.15) is 32.3 Å². The summed E-state index contributed by atoms with van der Waals surface area (Å²) in [6.45, 7) is 9.68. The molecule has 16 heavy (non-hydrogen) atoms. The molecule has 3 nitrogen and oxygen atoms in total. The van der Waals surface area contributed by atoms with E-state index in [1.807, 2.05) is 20.0 Å². The van der Waals surface area contributed by atoms with Crippen molar-refractivity contribution in [3.8, 4) is 0 Å². The van der Waals surface area contributed by atoms with Crippen LogP contribution >= 0.6 is 0 Å². The lowest BCUT2D eigenvalue weighted by Gasteiger charge is -2.28. The smallest absolute Gasteiger partial charge is 0.0518 e. The first-order valence-corrected chi connectivity index (χ1v) is 6.41. The molecule has 3 heteroatoms. The number of hydrogen-bond donors (Lipinski definition) is 0. The summed E-state index contributed by atoms with van der Waals surface area (Å²) in [4.78, 5) is 2.41. The van der Waals surface area contributed by atoms with Gasteiger partial charge in [0, 0.05) is 12.7 Å². The average molecular weight is 223 g/mol. The summed E-state index contributed by atoms with van der Waals surface area (Å²) in [5, 5.41) is 4.33. The molecule has 0 aromatic carbocycles. The molecular weight excluding hydrogens is 198 g/mol. The molecule has 1 aromatic heterocycles. The van der Waals surface area contributed by atoms with Gasteiger partial charge in [-0.1, -0.05) is 13.8 Å². The first-order chi connectivity index (χ1) is 7.74. The lowest BCUT2D eigenvalue weighted by Crippen LogP contribution is -2.31. The first-order valence-electron chi connectivity index (χ1n) is 6.41. The zero-order chi connectivity index (χ0) is 12.0. The lowest BCUT2D eigenvalue weighted by atomic mass is 9.97. The predicted octanol–water partition coefficient (Wildman–Crippen LogP) is 2.56. The number of nitrogens with zero attached hydrogens (tertiary/aromatic N) is 3. The van der Waals surface area contributed by atoms with E-state index in [9.17, 15) is 0 Å². The number of rotatable bonds is 2. The highest BCUT2D eigenvalue weighted by Crippen LogP contribution is 2.17. The van der Waals surface area contributed by atoms with Gasteiger partial charge in [-0.3, -0.25) is 4.68 Å². The van der Waals surface area contributed by atoms with Crippen LogP contribution in [0.2, 0.25) is 0 Å². The molecule has 1 aromatic rings. The number of aryl methyl sites for hydroxylation is 1. The van der Waals surface area contributed by atoms with Crippen LogP contribution in [0, 0.1) is 12.8 Å². The topological polar surface area (TPSA) is 21.1 Å². The van der Waals surface area contributed by atoms with E-state index < -0.39 is 0 Å². The Morgan fingerprint density at radius 2 is 1.94 bits per heavy atom. The van der Waals surface area contributed by atoms with Gasteiger partial charge < -0.3 is 4.90 Å². The minimum Gasteiger partial charge on any atom is -0.306 e. The van der Waals surface area contributed by atoms with E-state index >= 15 is 0 Å². The second kappa shape index (κ2) is 6.69. The van der Waals surface area contributed by atoms with E-state index in [2.05, 4.69) is 34.8 Å². The molecule has 0 radical (unpaired) electrons. The third-order valence-electron chi connectivity index (χ3n) is 3.05. The van der Waals surface area contributed by atoms with Gasteiger partial charge >= 0.3 is 0 Å². The molecule has 0 spiro atoms. The summed E-state index contributed by atoms with van der Waals surface area (Å²) >= 11 is 0. The summed E-state index contributed by atoms with van der Waals surface area (Å²) in [5.41, 5.74) is 1.26. The van der Waals surface area contributed by atoms with Gasteiger partial charge in [0.25, 0.3) is 0 Å². The molecule has 1 aliphatic heterocycles. The van der Waals surface area contributed by atoms with E-state index in [-0.39, 0.29) is 0 Å². The molecule has 0 N–H and O–H groups in total. The Hall–Kier alpha value is -0.830. The summed E-state index contributed by atoms with van der Waals surface area (Å²) in [6.07, 6.45) is 6.71. The summed E-state index contributed by atoms with van der Waals surface area (Å²) < 4.78 is 2.09. The van der Waals surface area contributed by atoms with Gasteiger partial charge in [0.1, 0.15) is 0 Å². The van der Waals surface area contributed by atoms with Crippen molar-refractivity contribution in [2.45, 2.75) is 40.2 Å². The Bertz CT molecular complexity index is 285. The Morgan fingerprint density at radius 3 is 2.44 bits per heavy atom. The van der Waals surface area contributed by atoms with Crippen molar-refractivity contribution in [3.63, 3.8) is 0 Å². The fraction of sp³-hybridized carbons (Fsp3) is 0.769. The highest BCUT2D eigenvalue weighted by Gasteiger charge is 2.16. The lowest BCUT2D eigenvalue weighted by molar-refractivity contribution is 0.201. The Labute approximate surface area is 99.4 Å². The molecule has 0 saturated carbocycles. The quantitative estimate of drug-likeness (QED) is 0.768. The molecule has 92 valence electrons. The third kappa shape index (κ3) is 3.97. The molecule has 2 heterocycles. The normalized spacial score (nSPS) is 18.0. The third-order valence-corrected chi connectivity index (χ3v) is 3.05. The molecule has 0 unspecified atom stereocenters. The summed E-state index contributed by atoms with van der Waals surface area (Å²) in [5.74, 6) is 0.825. The van der Waals surface area contributed by atoms with Crippen LogP contribution in [0.4, 0.5) is 0 Å². The van der Waals surface area contributed by atoms with Crippen LogP contribution < -0.4 is 0 Å². The van der Waals surface area contributed by atoms with Crippen molar-refractivity contribution in [2.24, 2.45) is 5.92 Å². The van der Waals surface area contributed by atoms with E-state index in [1.54, 1.807) is 0 Å². The Morgan fingerprint density at radius 1 is 1.31 bits per heavy atom. The zero-order valence-corrected chi connectivity index (χ0v) is 11.1. The average Bonchev–Trinajstić information content (AvgIpc) is 2.70. The van der Waals surface area contributed by atoms with Gasteiger partial charge in [-0.25, -0.2) is 0 Å². The fourth-order valence-electron chi connectivity index (χ4n) is 2.08. The maximum absolute atomic E-state index is 4.33. The van der Waals surface area contributed by atoms with Gasteiger partial charge in [0.2, 0.25) is 0 Å². The van der Waals surface area contributed by atoms with Crippen LogP contribution in [0.15, 0.2) is 12.4 Å². The van der Waals surface area contributed by atoms with E-state index in [0.29, 0.717) is 0 Å².